The van der Waals surface area contributed by atoms with E-state index in [9.17, 15) is 0 Å². The fourth-order valence-electron chi connectivity index (χ4n) is 8.23. The van der Waals surface area contributed by atoms with E-state index in [1.54, 1.807) is 0 Å². The highest BCUT2D eigenvalue weighted by molar-refractivity contribution is 6.37. The molecule has 244 valence electrons. The molecule has 51 heavy (non-hydrogen) atoms. The summed E-state index contributed by atoms with van der Waals surface area (Å²) >= 11 is 7.41. The Morgan fingerprint density at radius 1 is 0.588 bits per heavy atom. The van der Waals surface area contributed by atoms with Gasteiger partial charge in [0.25, 0.3) is 0 Å². The van der Waals surface area contributed by atoms with E-state index >= 15 is 0 Å². The van der Waals surface area contributed by atoms with Gasteiger partial charge in [-0.2, -0.15) is 0 Å². The third kappa shape index (κ3) is 4.87. The van der Waals surface area contributed by atoms with Crippen LogP contribution in [0.3, 0.4) is 0 Å². The molecule has 1 aromatic heterocycles. The van der Waals surface area contributed by atoms with Gasteiger partial charge in [0, 0.05) is 21.9 Å². The molecule has 9 aromatic rings. The Morgan fingerprint density at radius 3 is 2.08 bits per heavy atom. The Bertz CT molecular complexity index is 2910. The van der Waals surface area contributed by atoms with E-state index in [1.807, 2.05) is 0 Å². The van der Waals surface area contributed by atoms with Crippen molar-refractivity contribution in [3.63, 3.8) is 0 Å². The molecule has 0 saturated heterocycles. The van der Waals surface area contributed by atoms with E-state index in [0.717, 1.165) is 73.6 Å². The summed E-state index contributed by atoms with van der Waals surface area (Å²) in [5.41, 5.74) is 5.75. The van der Waals surface area contributed by atoms with E-state index in [2.05, 4.69) is 153 Å². The summed E-state index contributed by atoms with van der Waals surface area (Å²) in [7, 11) is 0. The first-order valence-electron chi connectivity index (χ1n) is 17.7. The molecule has 8 aromatic carbocycles. The van der Waals surface area contributed by atoms with Crippen LogP contribution in [0.1, 0.15) is 42.5 Å². The topological polar surface area (TPSA) is 37.9 Å². The minimum Gasteiger partial charge on any atom is -0.454 e. The van der Waals surface area contributed by atoms with Gasteiger partial charge in [-0.1, -0.05) is 152 Å². The summed E-state index contributed by atoms with van der Waals surface area (Å²) in [5.74, 6) is 0.899. The third-order valence-electron chi connectivity index (χ3n) is 10.8. The van der Waals surface area contributed by atoms with Crippen LogP contribution in [-0.4, -0.2) is 11.5 Å². The van der Waals surface area contributed by atoms with Crippen molar-refractivity contribution >= 4 is 88.2 Å². The molecule has 3 nitrogen and oxygen atoms in total. The average Bonchev–Trinajstić information content (AvgIpc) is 3.57. The summed E-state index contributed by atoms with van der Waals surface area (Å²) in [6, 6.07) is 51.3. The zero-order valence-corrected chi connectivity index (χ0v) is 28.9. The van der Waals surface area contributed by atoms with Crippen molar-refractivity contribution < 1.29 is 4.42 Å². The number of amidine groups is 1. The van der Waals surface area contributed by atoms with Crippen LogP contribution in [0.5, 0.6) is 0 Å². The molecular weight excluding hydrogens is 644 g/mol. The van der Waals surface area contributed by atoms with Gasteiger partial charge in [-0.3, -0.25) is 4.99 Å². The summed E-state index contributed by atoms with van der Waals surface area (Å²) in [5, 5.41) is 12.2. The SMILES string of the molecule is CC1CCC(c2cccc3ccccc23)=NC(c2cc3ccccc3c3ccccc23)=NC1c1ccc2c(oc3ccc4ccccc4c32)c1Cl. The summed E-state index contributed by atoms with van der Waals surface area (Å²) in [6.45, 7) is 2.29. The Labute approximate surface area is 300 Å². The summed E-state index contributed by atoms with van der Waals surface area (Å²) in [6.07, 6.45) is 1.72. The zero-order chi connectivity index (χ0) is 34.1. The molecule has 0 amide bonds. The maximum atomic E-state index is 7.41. The molecule has 2 unspecified atom stereocenters. The smallest absolute Gasteiger partial charge is 0.156 e. The van der Waals surface area contributed by atoms with E-state index in [4.69, 9.17) is 26.0 Å². The van der Waals surface area contributed by atoms with Crippen LogP contribution in [0.4, 0.5) is 0 Å². The monoisotopic (exact) mass is 676 g/mol. The van der Waals surface area contributed by atoms with Crippen LogP contribution >= 0.6 is 11.6 Å². The Balaban J connectivity index is 1.23. The quantitative estimate of drug-likeness (QED) is 0.172. The van der Waals surface area contributed by atoms with Gasteiger partial charge in [0.15, 0.2) is 11.4 Å². The minimum atomic E-state index is -0.232. The lowest BCUT2D eigenvalue weighted by molar-refractivity contribution is 0.446. The molecule has 2 heterocycles. The van der Waals surface area contributed by atoms with Crippen LogP contribution < -0.4 is 0 Å². The Morgan fingerprint density at radius 2 is 1.25 bits per heavy atom. The molecular formula is C47H33ClN2O. The molecule has 0 radical (unpaired) electrons. The lowest BCUT2D eigenvalue weighted by Crippen LogP contribution is -2.18. The standard InChI is InChI=1S/C47H33ClN2O/c1-28-21-25-41(37-20-10-14-29-11-2-5-15-32(29)37)49-47(40-27-31-13-4-6-16-33(31)35-18-8-9-19-36(35)40)50-45(28)39-24-23-38-43-34-17-7-3-12-30(34)22-26-42(43)51-46(38)44(39)48/h2-20,22-24,26-28,45H,21,25H2,1H3. The van der Waals surface area contributed by atoms with E-state index in [0.29, 0.717) is 10.6 Å². The van der Waals surface area contributed by atoms with E-state index in [-0.39, 0.29) is 12.0 Å². The van der Waals surface area contributed by atoms with Crippen LogP contribution in [0.25, 0.3) is 65.0 Å². The van der Waals surface area contributed by atoms with Gasteiger partial charge in [0.2, 0.25) is 0 Å². The first-order chi connectivity index (χ1) is 25.1. The van der Waals surface area contributed by atoms with Crippen molar-refractivity contribution in [2.75, 3.05) is 0 Å². The second-order valence-corrected chi connectivity index (χ2v) is 14.2. The molecule has 1 aliphatic rings. The van der Waals surface area contributed by atoms with Crippen molar-refractivity contribution in [2.45, 2.75) is 25.8 Å². The first kappa shape index (κ1) is 30.1. The third-order valence-corrected chi connectivity index (χ3v) is 11.2. The van der Waals surface area contributed by atoms with Gasteiger partial charge in [0.1, 0.15) is 5.58 Å². The molecule has 1 aliphatic heterocycles. The van der Waals surface area contributed by atoms with Crippen molar-refractivity contribution in [1.82, 2.24) is 0 Å². The van der Waals surface area contributed by atoms with Crippen molar-refractivity contribution in [3.05, 3.63) is 167 Å². The lowest BCUT2D eigenvalue weighted by Gasteiger charge is -2.26. The largest absolute Gasteiger partial charge is 0.454 e. The molecule has 0 bridgehead atoms. The van der Waals surface area contributed by atoms with E-state index in [1.165, 1.54) is 26.9 Å². The number of halogens is 1. The van der Waals surface area contributed by atoms with Gasteiger partial charge in [-0.05, 0) is 79.5 Å². The highest BCUT2D eigenvalue weighted by atomic mass is 35.5. The molecule has 10 rings (SSSR count). The van der Waals surface area contributed by atoms with Crippen molar-refractivity contribution in [2.24, 2.45) is 15.9 Å². The van der Waals surface area contributed by atoms with Crippen LogP contribution in [0, 0.1) is 5.92 Å². The minimum absolute atomic E-state index is 0.173. The number of rotatable bonds is 3. The number of nitrogens with zero attached hydrogens (tertiary/aromatic N) is 2. The molecule has 0 aliphatic carbocycles. The molecule has 0 N–H and O–H groups in total. The lowest BCUT2D eigenvalue weighted by atomic mass is 9.87. The maximum Gasteiger partial charge on any atom is 0.156 e. The number of aliphatic imine (C=N–C) groups is 2. The normalized spacial score (nSPS) is 16.9. The molecule has 0 spiro atoms. The number of fused-ring (bicyclic) bond motifs is 9. The highest BCUT2D eigenvalue weighted by Gasteiger charge is 2.28. The van der Waals surface area contributed by atoms with Gasteiger partial charge in [0.05, 0.1) is 16.8 Å². The highest BCUT2D eigenvalue weighted by Crippen LogP contribution is 2.44. The fraction of sp³-hybridized carbons (Fsp3) is 0.106. The van der Waals surface area contributed by atoms with Crippen LogP contribution in [0.15, 0.2) is 160 Å². The first-order valence-corrected chi connectivity index (χ1v) is 18.1. The summed E-state index contributed by atoms with van der Waals surface area (Å²) < 4.78 is 6.54. The van der Waals surface area contributed by atoms with Crippen molar-refractivity contribution in [3.8, 4) is 0 Å². The van der Waals surface area contributed by atoms with Crippen LogP contribution in [-0.2, 0) is 0 Å². The molecule has 4 heteroatoms. The Hall–Kier alpha value is -5.77. The predicted octanol–water partition coefficient (Wildman–Crippen LogP) is 13.3. The van der Waals surface area contributed by atoms with Gasteiger partial charge in [-0.25, -0.2) is 4.99 Å². The maximum absolute atomic E-state index is 7.41. The molecule has 0 saturated carbocycles. The second kappa shape index (κ2) is 11.9. The number of furan rings is 1. The average molecular weight is 677 g/mol. The molecule has 2 atom stereocenters. The van der Waals surface area contributed by atoms with Gasteiger partial charge >= 0.3 is 0 Å². The van der Waals surface area contributed by atoms with Gasteiger partial charge < -0.3 is 4.42 Å². The fourth-order valence-corrected chi connectivity index (χ4v) is 8.55. The van der Waals surface area contributed by atoms with Crippen molar-refractivity contribution in [1.29, 1.82) is 0 Å². The zero-order valence-electron chi connectivity index (χ0n) is 28.1. The number of hydrogen-bond donors (Lipinski definition) is 0. The number of benzene rings is 8. The molecule has 0 fully saturated rings. The second-order valence-electron chi connectivity index (χ2n) is 13.8. The predicted molar refractivity (Wildman–Crippen MR) is 216 cm³/mol. The van der Waals surface area contributed by atoms with Gasteiger partial charge in [-0.15, -0.1) is 0 Å². The van der Waals surface area contributed by atoms with Crippen LogP contribution in [0.2, 0.25) is 5.02 Å². The number of hydrogen-bond acceptors (Lipinski definition) is 3. The summed E-state index contributed by atoms with van der Waals surface area (Å²) in [4.78, 5) is 11.2. The Kier molecular flexibility index (Phi) is 7.04. The van der Waals surface area contributed by atoms with E-state index < -0.39 is 0 Å².